The third-order valence-corrected chi connectivity index (χ3v) is 8.77. The Balaban J connectivity index is 1.44. The van der Waals surface area contributed by atoms with Crippen molar-refractivity contribution < 1.29 is 46.5 Å². The molecule has 1 aliphatic rings. The molecule has 0 saturated carbocycles. The van der Waals surface area contributed by atoms with Gasteiger partial charge >= 0.3 is 18.0 Å². The number of carbonyl (C=O) groups excluding carboxylic acids is 2. The van der Waals surface area contributed by atoms with Gasteiger partial charge in [-0.2, -0.15) is 4.31 Å². The molecular formula is C32H35FN2O9S. The van der Waals surface area contributed by atoms with Crippen molar-refractivity contribution in [2.75, 3.05) is 13.1 Å². The van der Waals surface area contributed by atoms with Crippen molar-refractivity contribution in [1.29, 1.82) is 0 Å². The van der Waals surface area contributed by atoms with Gasteiger partial charge in [-0.1, -0.05) is 62.4 Å². The minimum absolute atomic E-state index is 0.0376. The number of halogens is 1. The van der Waals surface area contributed by atoms with E-state index in [1.54, 1.807) is 18.2 Å². The number of amides is 1. The zero-order valence-electron chi connectivity index (χ0n) is 25.0. The normalized spacial score (nSPS) is 15.8. The fraction of sp³-hybridized carbons (Fsp3) is 0.344. The third kappa shape index (κ3) is 8.58. The van der Waals surface area contributed by atoms with E-state index in [0.717, 1.165) is 5.56 Å². The molecule has 0 bridgehead atoms. The smallest absolute Gasteiger partial charge is 0.410 e. The van der Waals surface area contributed by atoms with Crippen LogP contribution >= 0.6 is 0 Å². The third-order valence-electron chi connectivity index (χ3n) is 6.98. The van der Waals surface area contributed by atoms with Gasteiger partial charge < -0.3 is 24.6 Å². The van der Waals surface area contributed by atoms with Crippen LogP contribution in [0.15, 0.2) is 83.8 Å². The van der Waals surface area contributed by atoms with Crippen molar-refractivity contribution >= 4 is 28.1 Å². The highest BCUT2D eigenvalue weighted by molar-refractivity contribution is 7.89. The predicted molar refractivity (Wildman–Crippen MR) is 160 cm³/mol. The topological polar surface area (TPSA) is 149 Å². The van der Waals surface area contributed by atoms with Gasteiger partial charge in [0.2, 0.25) is 16.3 Å². The molecule has 3 aromatic carbocycles. The maximum absolute atomic E-state index is 13.9. The lowest BCUT2D eigenvalue weighted by atomic mass is 9.87. The van der Waals surface area contributed by atoms with Gasteiger partial charge in [0.05, 0.1) is 18.0 Å². The average Bonchev–Trinajstić information content (AvgIpc) is 2.94. The van der Waals surface area contributed by atoms with E-state index in [1.165, 1.54) is 53.7 Å². The number of carboxylic acids is 1. The van der Waals surface area contributed by atoms with Crippen molar-refractivity contribution in [3.8, 4) is 5.75 Å². The Hall–Kier alpha value is -4.49. The van der Waals surface area contributed by atoms with E-state index >= 15 is 0 Å². The van der Waals surface area contributed by atoms with E-state index in [-0.39, 0.29) is 42.5 Å². The van der Waals surface area contributed by atoms with Gasteiger partial charge in [0.25, 0.3) is 0 Å². The van der Waals surface area contributed by atoms with Crippen LogP contribution < -0.4 is 10.1 Å². The molecule has 45 heavy (non-hydrogen) atoms. The molecule has 1 aliphatic heterocycles. The Kier molecular flexibility index (Phi) is 10.5. The first kappa shape index (κ1) is 33.4. The van der Waals surface area contributed by atoms with Gasteiger partial charge in [0.15, 0.2) is 5.60 Å². The van der Waals surface area contributed by atoms with E-state index in [2.05, 4.69) is 5.32 Å². The Bertz CT molecular complexity index is 1630. The summed E-state index contributed by atoms with van der Waals surface area (Å²) in [6.45, 7) is 4.87. The van der Waals surface area contributed by atoms with Crippen LogP contribution in [-0.4, -0.2) is 61.3 Å². The molecule has 0 spiro atoms. The number of benzene rings is 3. The minimum Gasteiger partial charge on any atom is -0.480 e. The van der Waals surface area contributed by atoms with Gasteiger partial charge in [-0.15, -0.1) is 0 Å². The number of aliphatic carboxylic acids is 1. The second-order valence-corrected chi connectivity index (χ2v) is 13.1. The summed E-state index contributed by atoms with van der Waals surface area (Å²) in [5.41, 5.74) is -0.00894. The average molecular weight is 643 g/mol. The fourth-order valence-corrected chi connectivity index (χ4v) is 6.44. The number of rotatable bonds is 13. The van der Waals surface area contributed by atoms with Gasteiger partial charge in [0.1, 0.15) is 17.6 Å². The van der Waals surface area contributed by atoms with Crippen molar-refractivity contribution in [3.63, 3.8) is 0 Å². The highest BCUT2D eigenvalue weighted by atomic mass is 32.2. The predicted octanol–water partition coefficient (Wildman–Crippen LogP) is 4.46. The molecule has 1 amide bonds. The number of alkyl carbamates (subject to hydrolysis) is 1. The molecule has 240 valence electrons. The lowest BCUT2D eigenvalue weighted by Gasteiger charge is -2.48. The Morgan fingerprint density at radius 3 is 2.29 bits per heavy atom. The number of hydrogen-bond acceptors (Lipinski definition) is 8. The molecule has 2 unspecified atom stereocenters. The lowest BCUT2D eigenvalue weighted by molar-refractivity contribution is -0.166. The molecule has 1 saturated heterocycles. The number of sulfonamides is 1. The molecule has 1 fully saturated rings. The van der Waals surface area contributed by atoms with Crippen LogP contribution in [0.4, 0.5) is 9.18 Å². The van der Waals surface area contributed by atoms with Gasteiger partial charge in [-0.25, -0.2) is 22.4 Å². The van der Waals surface area contributed by atoms with Crippen molar-refractivity contribution in [3.05, 3.63) is 95.8 Å². The maximum Gasteiger partial charge on any atom is 0.410 e. The summed E-state index contributed by atoms with van der Waals surface area (Å²) >= 11 is 0. The molecule has 0 aliphatic carbocycles. The Labute approximate surface area is 261 Å². The molecule has 4 rings (SSSR count). The first-order chi connectivity index (χ1) is 21.3. The van der Waals surface area contributed by atoms with Crippen molar-refractivity contribution in [1.82, 2.24) is 9.62 Å². The molecule has 2 atom stereocenters. The van der Waals surface area contributed by atoms with Gasteiger partial charge in [0, 0.05) is 25.8 Å². The van der Waals surface area contributed by atoms with E-state index in [1.807, 2.05) is 32.0 Å². The maximum atomic E-state index is 13.9. The molecular weight excluding hydrogens is 607 g/mol. The molecule has 11 nitrogen and oxygen atoms in total. The van der Waals surface area contributed by atoms with Crippen LogP contribution in [0.25, 0.3) is 0 Å². The number of ether oxygens (including phenoxy) is 3. The fourth-order valence-electron chi connectivity index (χ4n) is 4.83. The van der Waals surface area contributed by atoms with Crippen LogP contribution in [0.5, 0.6) is 5.75 Å². The monoisotopic (exact) mass is 642 g/mol. The molecule has 0 radical (unpaired) electrons. The van der Waals surface area contributed by atoms with Crippen LogP contribution in [0.1, 0.15) is 38.3 Å². The van der Waals surface area contributed by atoms with Crippen LogP contribution in [0, 0.1) is 11.7 Å². The summed E-state index contributed by atoms with van der Waals surface area (Å²) in [4.78, 5) is 36.0. The van der Waals surface area contributed by atoms with E-state index < -0.39 is 51.8 Å². The molecule has 0 aromatic heterocycles. The minimum atomic E-state index is -4.05. The highest BCUT2D eigenvalue weighted by Crippen LogP contribution is 2.40. The van der Waals surface area contributed by atoms with E-state index in [9.17, 15) is 32.3 Å². The van der Waals surface area contributed by atoms with Gasteiger partial charge in [-0.05, 0) is 41.3 Å². The second-order valence-electron chi connectivity index (χ2n) is 11.1. The zero-order chi connectivity index (χ0) is 32.8. The highest BCUT2D eigenvalue weighted by Gasteiger charge is 2.52. The molecule has 1 heterocycles. The summed E-state index contributed by atoms with van der Waals surface area (Å²) in [6, 6.07) is 18.9. The van der Waals surface area contributed by atoms with Crippen molar-refractivity contribution in [2.45, 2.75) is 56.4 Å². The van der Waals surface area contributed by atoms with Crippen molar-refractivity contribution in [2.24, 2.45) is 5.92 Å². The Morgan fingerprint density at radius 2 is 1.64 bits per heavy atom. The first-order valence-electron chi connectivity index (χ1n) is 14.3. The van der Waals surface area contributed by atoms with E-state index in [4.69, 9.17) is 14.2 Å². The van der Waals surface area contributed by atoms with E-state index in [0.29, 0.717) is 5.56 Å². The lowest BCUT2D eigenvalue weighted by Crippen LogP contribution is -2.64. The van der Waals surface area contributed by atoms with Crippen LogP contribution in [-0.2, 0) is 41.1 Å². The zero-order valence-corrected chi connectivity index (χ0v) is 25.8. The number of nitrogens with zero attached hydrogens (tertiary/aromatic N) is 1. The summed E-state index contributed by atoms with van der Waals surface area (Å²) < 4.78 is 58.5. The number of esters is 1. The number of hydrogen-bond donors (Lipinski definition) is 2. The van der Waals surface area contributed by atoms with Gasteiger partial charge in [-0.3, -0.25) is 4.79 Å². The largest absolute Gasteiger partial charge is 0.480 e. The summed E-state index contributed by atoms with van der Waals surface area (Å²) in [7, 11) is -4.05. The molecule has 13 heteroatoms. The molecule has 2 N–H and O–H groups in total. The first-order valence-corrected chi connectivity index (χ1v) is 15.7. The number of carboxylic acid groups (broad SMARTS) is 1. The summed E-state index contributed by atoms with van der Waals surface area (Å²) in [6.07, 6.45) is -2.50. The number of nitrogens with one attached hydrogen (secondary N) is 1. The van der Waals surface area contributed by atoms with Crippen LogP contribution in [0.2, 0.25) is 0 Å². The quantitative estimate of drug-likeness (QED) is 0.204. The summed E-state index contributed by atoms with van der Waals surface area (Å²) in [5, 5.41) is 11.9. The van der Waals surface area contributed by atoms with Crippen LogP contribution in [0.3, 0.4) is 0 Å². The Morgan fingerprint density at radius 1 is 0.956 bits per heavy atom. The summed E-state index contributed by atoms with van der Waals surface area (Å²) in [5.74, 6) is -2.14. The molecule has 3 aromatic rings. The SMILES string of the molecule is CC(C)CC(=O)OC(C)OC(=O)NC(Cc1cccc(S(=O)(=O)N2CC(Oc3cccc(F)c3)(c3ccccc3)C2)c1)C(=O)O. The standard InChI is InChI=1S/C32H35FN2O9S/c1-21(2)15-29(36)42-22(3)43-31(39)34-28(30(37)38)17-23-9-7-14-27(16-23)45(40,41)35-19-32(20-35,24-10-5-4-6-11-24)44-26-13-8-12-25(33)18-26/h4-14,16,18,21-22,28H,15,17,19-20H2,1-3H3,(H,34,39)(H,37,38). The number of carbonyl (C=O) groups is 3. The second kappa shape index (κ2) is 14.1.